The molecule has 1 aliphatic rings. The van der Waals surface area contributed by atoms with Crippen LogP contribution in [0.2, 0.25) is 0 Å². The molecule has 1 saturated heterocycles. The molecule has 0 spiro atoms. The lowest BCUT2D eigenvalue weighted by Crippen LogP contribution is -2.48. The van der Waals surface area contributed by atoms with E-state index in [4.69, 9.17) is 0 Å². The second-order valence-electron chi connectivity index (χ2n) is 8.20. The first-order valence-electron chi connectivity index (χ1n) is 11.0. The highest BCUT2D eigenvalue weighted by molar-refractivity contribution is 14.0. The van der Waals surface area contributed by atoms with Crippen LogP contribution in [0.1, 0.15) is 29.7 Å². The molecule has 1 aromatic heterocycles. The number of H-pyrrole nitrogens is 1. The summed E-state index contributed by atoms with van der Waals surface area (Å²) in [4.78, 5) is 10.5. The highest BCUT2D eigenvalue weighted by Gasteiger charge is 2.20. The monoisotopic (exact) mass is 531 g/mol. The molecule has 0 saturated carbocycles. The molecular formula is C25H34IN5. The van der Waals surface area contributed by atoms with E-state index in [-0.39, 0.29) is 24.0 Å². The molecular weight excluding hydrogens is 497 g/mol. The average molecular weight is 531 g/mol. The normalized spacial score (nSPS) is 15.6. The van der Waals surface area contributed by atoms with Crippen molar-refractivity contribution in [1.82, 2.24) is 20.5 Å². The molecule has 0 unspecified atom stereocenters. The van der Waals surface area contributed by atoms with Gasteiger partial charge in [-0.2, -0.15) is 0 Å². The first kappa shape index (κ1) is 23.6. The Balaban J connectivity index is 0.00000272. The Bertz CT molecular complexity index is 974. The molecule has 0 bridgehead atoms. The van der Waals surface area contributed by atoms with Crippen molar-refractivity contribution < 1.29 is 0 Å². The number of nitrogens with one attached hydrogen (secondary N) is 3. The van der Waals surface area contributed by atoms with E-state index in [9.17, 15) is 0 Å². The summed E-state index contributed by atoms with van der Waals surface area (Å²) in [7, 11) is 1.86. The van der Waals surface area contributed by atoms with Gasteiger partial charge in [-0.15, -0.1) is 24.0 Å². The minimum absolute atomic E-state index is 0. The fraction of sp³-hybridized carbons (Fsp3) is 0.400. The first-order valence-corrected chi connectivity index (χ1v) is 11.0. The van der Waals surface area contributed by atoms with Gasteiger partial charge in [0.1, 0.15) is 0 Å². The molecule has 3 aromatic rings. The quantitative estimate of drug-likeness (QED) is 0.250. The smallest absolute Gasteiger partial charge is 0.191 e. The zero-order chi connectivity index (χ0) is 20.8. The lowest BCUT2D eigenvalue weighted by Gasteiger charge is -2.33. The van der Waals surface area contributed by atoms with Crippen LogP contribution in [0.4, 0.5) is 0 Å². The molecule has 0 aliphatic carbocycles. The maximum atomic E-state index is 4.45. The summed E-state index contributed by atoms with van der Waals surface area (Å²) in [5.41, 5.74) is 5.26. The van der Waals surface area contributed by atoms with Gasteiger partial charge in [-0.1, -0.05) is 48.5 Å². The van der Waals surface area contributed by atoms with Crippen molar-refractivity contribution in [3.05, 3.63) is 71.4 Å². The van der Waals surface area contributed by atoms with Gasteiger partial charge < -0.3 is 15.6 Å². The Kier molecular flexibility index (Phi) is 8.78. The molecule has 0 atom stereocenters. The molecule has 3 N–H and O–H groups in total. The van der Waals surface area contributed by atoms with Crippen LogP contribution < -0.4 is 10.6 Å². The van der Waals surface area contributed by atoms with Crippen molar-refractivity contribution in [2.45, 2.75) is 38.8 Å². The van der Waals surface area contributed by atoms with Crippen molar-refractivity contribution in [1.29, 1.82) is 0 Å². The maximum Gasteiger partial charge on any atom is 0.191 e. The molecule has 1 aliphatic heterocycles. The number of piperidine rings is 1. The van der Waals surface area contributed by atoms with Gasteiger partial charge in [0.2, 0.25) is 0 Å². The topological polar surface area (TPSA) is 55.5 Å². The van der Waals surface area contributed by atoms with Gasteiger partial charge in [0.15, 0.2) is 5.96 Å². The van der Waals surface area contributed by atoms with Crippen molar-refractivity contribution in [3.63, 3.8) is 0 Å². The lowest BCUT2D eigenvalue weighted by atomic mass is 10.0. The predicted octanol–water partition coefficient (Wildman–Crippen LogP) is 4.47. The van der Waals surface area contributed by atoms with Crippen LogP contribution in [0.15, 0.2) is 59.6 Å². The number of para-hydroxylation sites is 1. The second-order valence-corrected chi connectivity index (χ2v) is 8.20. The fourth-order valence-electron chi connectivity index (χ4n) is 4.43. The number of benzene rings is 2. The Morgan fingerprint density at radius 1 is 1.06 bits per heavy atom. The molecule has 166 valence electrons. The van der Waals surface area contributed by atoms with E-state index < -0.39 is 0 Å². The number of rotatable bonds is 6. The molecule has 2 heterocycles. The Morgan fingerprint density at radius 2 is 1.77 bits per heavy atom. The number of hydrogen-bond acceptors (Lipinski definition) is 2. The number of guanidine groups is 1. The van der Waals surface area contributed by atoms with Crippen molar-refractivity contribution in [2.24, 2.45) is 4.99 Å². The van der Waals surface area contributed by atoms with Crippen LogP contribution in [0.3, 0.4) is 0 Å². The average Bonchev–Trinajstić information content (AvgIpc) is 3.10. The largest absolute Gasteiger partial charge is 0.358 e. The van der Waals surface area contributed by atoms with Crippen LogP contribution in [-0.2, 0) is 13.0 Å². The summed E-state index contributed by atoms with van der Waals surface area (Å²) in [5, 5.41) is 8.46. The van der Waals surface area contributed by atoms with Crippen LogP contribution in [0.25, 0.3) is 10.9 Å². The van der Waals surface area contributed by atoms with Crippen LogP contribution in [-0.4, -0.2) is 48.6 Å². The zero-order valence-corrected chi connectivity index (χ0v) is 20.9. The van der Waals surface area contributed by atoms with Crippen molar-refractivity contribution >= 4 is 40.8 Å². The number of fused-ring (bicyclic) bond motifs is 1. The lowest BCUT2D eigenvalue weighted by molar-refractivity contribution is 0.198. The summed E-state index contributed by atoms with van der Waals surface area (Å²) >= 11 is 0. The molecule has 31 heavy (non-hydrogen) atoms. The van der Waals surface area contributed by atoms with E-state index in [0.717, 1.165) is 51.4 Å². The van der Waals surface area contributed by atoms with E-state index in [2.05, 4.69) is 87.0 Å². The van der Waals surface area contributed by atoms with E-state index >= 15 is 0 Å². The number of likely N-dealkylation sites (tertiary alicyclic amines) is 1. The van der Waals surface area contributed by atoms with Crippen LogP contribution >= 0.6 is 24.0 Å². The van der Waals surface area contributed by atoms with Gasteiger partial charge in [0.05, 0.1) is 0 Å². The Morgan fingerprint density at radius 3 is 2.52 bits per heavy atom. The van der Waals surface area contributed by atoms with Gasteiger partial charge >= 0.3 is 0 Å². The third-order valence-corrected chi connectivity index (χ3v) is 6.10. The SMILES string of the molecule is CN=C(NCCc1c(C)[nH]c2ccccc12)NC1CCN(Cc2ccccc2)CC1.I. The number of nitrogens with zero attached hydrogens (tertiary/aromatic N) is 2. The maximum absolute atomic E-state index is 4.45. The summed E-state index contributed by atoms with van der Waals surface area (Å²) in [6.45, 7) is 6.32. The standard InChI is InChI=1S/C25H33N5.HI/c1-19-22(23-10-6-7-11-24(23)28-19)12-15-27-25(26-2)29-21-13-16-30(17-14-21)18-20-8-4-3-5-9-20;/h3-11,21,28H,12-18H2,1-2H3,(H2,26,27,29);1H. The molecule has 4 rings (SSSR count). The Hall–Kier alpha value is -2.06. The third-order valence-electron chi connectivity index (χ3n) is 6.10. The van der Waals surface area contributed by atoms with E-state index in [1.54, 1.807) is 0 Å². The van der Waals surface area contributed by atoms with Crippen LogP contribution in [0, 0.1) is 6.92 Å². The number of hydrogen-bond donors (Lipinski definition) is 3. The molecule has 0 radical (unpaired) electrons. The van der Waals surface area contributed by atoms with Gasteiger partial charge in [-0.05, 0) is 43.4 Å². The van der Waals surface area contributed by atoms with Crippen molar-refractivity contribution in [2.75, 3.05) is 26.7 Å². The first-order chi connectivity index (χ1) is 14.7. The molecule has 5 nitrogen and oxygen atoms in total. The fourth-order valence-corrected chi connectivity index (χ4v) is 4.43. The third kappa shape index (κ3) is 6.23. The highest BCUT2D eigenvalue weighted by Crippen LogP contribution is 2.22. The molecule has 2 aromatic carbocycles. The van der Waals surface area contributed by atoms with Gasteiger partial charge in [0, 0.05) is 55.9 Å². The van der Waals surface area contributed by atoms with E-state index in [1.165, 1.54) is 27.7 Å². The number of aryl methyl sites for hydroxylation is 1. The van der Waals surface area contributed by atoms with Crippen molar-refractivity contribution in [3.8, 4) is 0 Å². The van der Waals surface area contributed by atoms with Gasteiger partial charge in [0.25, 0.3) is 0 Å². The van der Waals surface area contributed by atoms with Crippen LogP contribution in [0.5, 0.6) is 0 Å². The summed E-state index contributed by atoms with van der Waals surface area (Å²) in [6.07, 6.45) is 3.27. The van der Waals surface area contributed by atoms with E-state index in [1.807, 2.05) is 7.05 Å². The number of halogens is 1. The van der Waals surface area contributed by atoms with Gasteiger partial charge in [-0.3, -0.25) is 9.89 Å². The zero-order valence-electron chi connectivity index (χ0n) is 18.5. The highest BCUT2D eigenvalue weighted by atomic mass is 127. The summed E-state index contributed by atoms with van der Waals surface area (Å²) in [6, 6.07) is 19.8. The predicted molar refractivity (Wildman–Crippen MR) is 141 cm³/mol. The summed E-state index contributed by atoms with van der Waals surface area (Å²) < 4.78 is 0. The number of aromatic nitrogens is 1. The molecule has 0 amide bonds. The Labute approximate surface area is 202 Å². The van der Waals surface area contributed by atoms with E-state index in [0.29, 0.717) is 6.04 Å². The summed E-state index contributed by atoms with van der Waals surface area (Å²) in [5.74, 6) is 0.911. The second kappa shape index (κ2) is 11.5. The number of aromatic amines is 1. The molecule has 6 heteroatoms. The minimum atomic E-state index is 0. The minimum Gasteiger partial charge on any atom is -0.358 e. The van der Waals surface area contributed by atoms with Gasteiger partial charge in [-0.25, -0.2) is 0 Å². The number of aliphatic imine (C=N–C) groups is 1. The molecule has 1 fully saturated rings.